The molecule has 0 saturated heterocycles. The van der Waals surface area contributed by atoms with Gasteiger partial charge in [-0.15, -0.1) is 0 Å². The van der Waals surface area contributed by atoms with Gasteiger partial charge >= 0.3 is 0 Å². The van der Waals surface area contributed by atoms with Crippen LogP contribution in [-0.2, 0) is 0 Å². The molecule has 92 valence electrons. The Kier molecular flexibility index (Phi) is 5.65. The zero-order valence-electron chi connectivity index (χ0n) is 9.25. The van der Waals surface area contributed by atoms with Crippen LogP contribution in [0.2, 0.25) is 0 Å². The van der Waals surface area contributed by atoms with Crippen molar-refractivity contribution in [3.63, 3.8) is 0 Å². The summed E-state index contributed by atoms with van der Waals surface area (Å²) < 4.78 is 0.983. The number of Topliss-reactive ketones (excluding diaryl/α,β-unsaturated/α-hetero) is 1. The summed E-state index contributed by atoms with van der Waals surface area (Å²) in [6.45, 7) is 1.22. The van der Waals surface area contributed by atoms with E-state index in [1.54, 1.807) is 0 Å². The summed E-state index contributed by atoms with van der Waals surface area (Å²) in [7, 11) is 0. The molecular formula is C12H13BrClN2O-. The molecule has 0 aliphatic carbocycles. The van der Waals surface area contributed by atoms with Crippen LogP contribution in [0.4, 0.5) is 0 Å². The van der Waals surface area contributed by atoms with Crippen molar-refractivity contribution < 1.29 is 17.2 Å². The number of rotatable bonds is 3. The van der Waals surface area contributed by atoms with Crippen molar-refractivity contribution in [1.29, 1.82) is 0 Å². The molecule has 0 bridgehead atoms. The molecule has 0 spiro atoms. The largest absolute Gasteiger partial charge is 1.00 e. The number of nitrogens with zero attached hydrogens (tertiary/aromatic N) is 1. The average Bonchev–Trinajstić information content (AvgIpc) is 2.80. The zero-order chi connectivity index (χ0) is 11.4. The van der Waals surface area contributed by atoms with Crippen LogP contribution >= 0.6 is 15.9 Å². The average molecular weight is 317 g/mol. The molecule has 0 radical (unpaired) electrons. The van der Waals surface area contributed by atoms with Crippen molar-refractivity contribution in [2.45, 2.75) is 12.8 Å². The lowest BCUT2D eigenvalue weighted by Gasteiger charge is -2.04. The molecule has 1 aliphatic rings. The van der Waals surface area contributed by atoms with Gasteiger partial charge in [0.2, 0.25) is 0 Å². The Labute approximate surface area is 115 Å². The zero-order valence-corrected chi connectivity index (χ0v) is 11.6. The number of carbonyl (C=O) groups is 1. The van der Waals surface area contributed by atoms with E-state index in [0.29, 0.717) is 6.54 Å². The number of amidine groups is 1. The highest BCUT2D eigenvalue weighted by molar-refractivity contribution is 9.10. The molecule has 0 fully saturated rings. The van der Waals surface area contributed by atoms with Gasteiger partial charge in [0.05, 0.1) is 12.4 Å². The van der Waals surface area contributed by atoms with Gasteiger partial charge in [0.25, 0.3) is 0 Å². The van der Waals surface area contributed by atoms with Crippen LogP contribution in [0.3, 0.4) is 0 Å². The number of nitrogens with one attached hydrogen (secondary N) is 1. The molecule has 0 atom stereocenters. The maximum absolute atomic E-state index is 11.8. The predicted molar refractivity (Wildman–Crippen MR) is 68.0 cm³/mol. The van der Waals surface area contributed by atoms with E-state index in [-0.39, 0.29) is 18.2 Å². The standard InChI is InChI=1S/C12H13BrN2O.ClH/c13-10-5-3-9(4-6-10)11(16)8-15-12-2-1-7-14-12;/h3-6H,1-2,7-8H2,(H,14,15);1H/p-1. The fraction of sp³-hybridized carbons (Fsp3) is 0.333. The smallest absolute Gasteiger partial charge is 0.181 e. The Bertz CT molecular complexity index is 417. The first-order valence-corrected chi connectivity index (χ1v) is 6.11. The molecular weight excluding hydrogens is 304 g/mol. The molecule has 0 unspecified atom stereocenters. The molecule has 17 heavy (non-hydrogen) atoms. The fourth-order valence-electron chi connectivity index (χ4n) is 1.60. The van der Waals surface area contributed by atoms with E-state index in [1.807, 2.05) is 24.3 Å². The van der Waals surface area contributed by atoms with Crippen LogP contribution < -0.4 is 17.7 Å². The second-order valence-electron chi connectivity index (χ2n) is 3.72. The molecule has 0 amide bonds. The van der Waals surface area contributed by atoms with Gasteiger partial charge in [-0.3, -0.25) is 9.79 Å². The van der Waals surface area contributed by atoms with Crippen LogP contribution in [0.1, 0.15) is 23.2 Å². The van der Waals surface area contributed by atoms with E-state index in [4.69, 9.17) is 0 Å². The molecule has 1 heterocycles. The number of hydrogen-bond acceptors (Lipinski definition) is 3. The number of hydrogen-bond donors (Lipinski definition) is 1. The summed E-state index contributed by atoms with van der Waals surface area (Å²) in [6.07, 6.45) is 2.06. The Morgan fingerprint density at radius 1 is 1.35 bits per heavy atom. The Morgan fingerprint density at radius 2 is 2.06 bits per heavy atom. The van der Waals surface area contributed by atoms with Crippen molar-refractivity contribution in [3.05, 3.63) is 34.3 Å². The van der Waals surface area contributed by atoms with Crippen molar-refractivity contribution in [2.75, 3.05) is 13.1 Å². The minimum absolute atomic E-state index is 0. The van der Waals surface area contributed by atoms with Gasteiger partial charge in [-0.1, -0.05) is 28.1 Å². The Hall–Kier alpha value is -0.870. The molecule has 1 aromatic carbocycles. The topological polar surface area (TPSA) is 41.5 Å². The SMILES string of the molecule is O=C(CNC1=NCCC1)c1ccc(Br)cc1.[Cl-]. The highest BCUT2D eigenvalue weighted by Gasteiger charge is 2.09. The van der Waals surface area contributed by atoms with Crippen LogP contribution in [0.5, 0.6) is 0 Å². The van der Waals surface area contributed by atoms with Crippen molar-refractivity contribution in [1.82, 2.24) is 5.32 Å². The first-order chi connectivity index (χ1) is 7.75. The first-order valence-electron chi connectivity index (χ1n) is 5.31. The van der Waals surface area contributed by atoms with E-state index in [9.17, 15) is 4.79 Å². The quantitative estimate of drug-likeness (QED) is 0.758. The lowest BCUT2D eigenvalue weighted by Crippen LogP contribution is -3.00. The molecule has 1 aromatic rings. The third-order valence-electron chi connectivity index (χ3n) is 2.49. The fourth-order valence-corrected chi connectivity index (χ4v) is 1.87. The van der Waals surface area contributed by atoms with Gasteiger partial charge < -0.3 is 17.7 Å². The number of aliphatic imine (C=N–C) groups is 1. The number of ketones is 1. The van der Waals surface area contributed by atoms with Crippen LogP contribution in [0.25, 0.3) is 0 Å². The molecule has 0 saturated carbocycles. The summed E-state index contributed by atoms with van der Waals surface area (Å²) in [6, 6.07) is 7.40. The van der Waals surface area contributed by atoms with Crippen LogP contribution in [0, 0.1) is 0 Å². The second-order valence-corrected chi connectivity index (χ2v) is 4.63. The molecule has 3 nitrogen and oxygen atoms in total. The van der Waals surface area contributed by atoms with E-state index in [2.05, 4.69) is 26.2 Å². The number of benzene rings is 1. The number of halogens is 2. The van der Waals surface area contributed by atoms with Gasteiger partial charge in [-0.2, -0.15) is 0 Å². The second kappa shape index (κ2) is 6.77. The van der Waals surface area contributed by atoms with Gasteiger partial charge in [0.15, 0.2) is 5.78 Å². The monoisotopic (exact) mass is 315 g/mol. The third kappa shape index (κ3) is 4.13. The summed E-state index contributed by atoms with van der Waals surface area (Å²) in [5.41, 5.74) is 0.731. The maximum atomic E-state index is 11.8. The van der Waals surface area contributed by atoms with Crippen molar-refractivity contribution in [3.8, 4) is 0 Å². The summed E-state index contributed by atoms with van der Waals surface area (Å²) in [5.74, 6) is 1.06. The van der Waals surface area contributed by atoms with Gasteiger partial charge in [0, 0.05) is 23.0 Å². The minimum Gasteiger partial charge on any atom is -1.00 e. The summed E-state index contributed by atoms with van der Waals surface area (Å²) >= 11 is 3.34. The van der Waals surface area contributed by atoms with Crippen molar-refractivity contribution >= 4 is 27.5 Å². The highest BCUT2D eigenvalue weighted by Crippen LogP contribution is 2.10. The van der Waals surface area contributed by atoms with E-state index in [1.165, 1.54) is 0 Å². The van der Waals surface area contributed by atoms with Gasteiger partial charge in [-0.25, -0.2) is 0 Å². The lowest BCUT2D eigenvalue weighted by atomic mass is 10.1. The van der Waals surface area contributed by atoms with E-state index in [0.717, 1.165) is 35.3 Å². The molecule has 1 N–H and O–H groups in total. The number of carbonyl (C=O) groups excluding carboxylic acids is 1. The predicted octanol–water partition coefficient (Wildman–Crippen LogP) is -0.582. The Morgan fingerprint density at radius 3 is 2.65 bits per heavy atom. The molecule has 5 heteroatoms. The maximum Gasteiger partial charge on any atom is 0.181 e. The minimum atomic E-state index is 0. The van der Waals surface area contributed by atoms with Crippen LogP contribution in [-0.4, -0.2) is 24.7 Å². The molecule has 2 rings (SSSR count). The highest BCUT2D eigenvalue weighted by atomic mass is 79.9. The normalized spacial score (nSPS) is 13.8. The van der Waals surface area contributed by atoms with Gasteiger partial charge in [0.1, 0.15) is 0 Å². The summed E-state index contributed by atoms with van der Waals surface area (Å²) in [5, 5.41) is 3.08. The lowest BCUT2D eigenvalue weighted by molar-refractivity contribution is -0.0000108. The first kappa shape index (κ1) is 14.2. The van der Waals surface area contributed by atoms with Gasteiger partial charge in [-0.05, 0) is 18.6 Å². The molecule has 1 aliphatic heterocycles. The van der Waals surface area contributed by atoms with Crippen molar-refractivity contribution in [2.24, 2.45) is 4.99 Å². The van der Waals surface area contributed by atoms with Crippen LogP contribution in [0.15, 0.2) is 33.7 Å². The van der Waals surface area contributed by atoms with E-state index < -0.39 is 0 Å². The summed E-state index contributed by atoms with van der Waals surface area (Å²) in [4.78, 5) is 16.0. The Balaban J connectivity index is 0.00000144. The van der Waals surface area contributed by atoms with E-state index >= 15 is 0 Å². The molecule has 0 aromatic heterocycles. The third-order valence-corrected chi connectivity index (χ3v) is 3.02.